The topological polar surface area (TPSA) is 21.3 Å². The molecule has 0 aliphatic heterocycles. The standard InChI is InChI=1S/C14H19BrFNO/c1-17-13(14(18-2)10-3-4-10)7-9-5-11(15)8-12(16)6-9/h5-6,8,10,13-14,17H,3-4,7H2,1-2H3. The third-order valence-electron chi connectivity index (χ3n) is 3.50. The van der Waals surface area contributed by atoms with Crippen molar-refractivity contribution in [1.82, 2.24) is 5.32 Å². The number of methoxy groups -OCH3 is 1. The molecular formula is C14H19BrFNO. The van der Waals surface area contributed by atoms with Gasteiger partial charge in [-0.05, 0) is 56.0 Å². The minimum Gasteiger partial charge on any atom is -0.380 e. The Hall–Kier alpha value is -0.450. The molecule has 1 aromatic carbocycles. The van der Waals surface area contributed by atoms with Gasteiger partial charge in [0.05, 0.1) is 6.10 Å². The number of benzene rings is 1. The molecule has 1 N–H and O–H groups in total. The number of rotatable bonds is 6. The van der Waals surface area contributed by atoms with E-state index in [4.69, 9.17) is 4.74 Å². The maximum atomic E-state index is 13.4. The largest absolute Gasteiger partial charge is 0.380 e. The van der Waals surface area contributed by atoms with Crippen molar-refractivity contribution in [3.8, 4) is 0 Å². The highest BCUT2D eigenvalue weighted by atomic mass is 79.9. The van der Waals surface area contributed by atoms with Gasteiger partial charge in [0.1, 0.15) is 5.82 Å². The van der Waals surface area contributed by atoms with Crippen LogP contribution in [0.2, 0.25) is 0 Å². The summed E-state index contributed by atoms with van der Waals surface area (Å²) in [6.07, 6.45) is 3.48. The van der Waals surface area contributed by atoms with E-state index < -0.39 is 0 Å². The van der Waals surface area contributed by atoms with Gasteiger partial charge in [-0.15, -0.1) is 0 Å². The molecule has 0 amide bonds. The molecule has 0 spiro atoms. The Bertz CT molecular complexity index is 389. The highest BCUT2D eigenvalue weighted by molar-refractivity contribution is 9.10. The van der Waals surface area contributed by atoms with Crippen molar-refractivity contribution in [3.63, 3.8) is 0 Å². The summed E-state index contributed by atoms with van der Waals surface area (Å²) in [5.41, 5.74) is 0.990. The summed E-state index contributed by atoms with van der Waals surface area (Å²) in [6, 6.07) is 5.27. The molecule has 100 valence electrons. The van der Waals surface area contributed by atoms with Gasteiger partial charge in [0.15, 0.2) is 0 Å². The second-order valence-corrected chi connectivity index (χ2v) is 5.83. The van der Waals surface area contributed by atoms with E-state index in [-0.39, 0.29) is 18.0 Å². The van der Waals surface area contributed by atoms with E-state index in [1.54, 1.807) is 13.2 Å². The van der Waals surface area contributed by atoms with Crippen LogP contribution >= 0.6 is 15.9 Å². The van der Waals surface area contributed by atoms with Crippen molar-refractivity contribution in [3.05, 3.63) is 34.1 Å². The number of likely N-dealkylation sites (N-methyl/N-ethyl adjacent to an activating group) is 1. The van der Waals surface area contributed by atoms with Crippen LogP contribution in [0.5, 0.6) is 0 Å². The van der Waals surface area contributed by atoms with Gasteiger partial charge in [0.2, 0.25) is 0 Å². The molecule has 0 saturated heterocycles. The summed E-state index contributed by atoms with van der Waals surface area (Å²) >= 11 is 3.33. The first kappa shape index (κ1) is 14.0. The Labute approximate surface area is 116 Å². The van der Waals surface area contributed by atoms with Gasteiger partial charge in [-0.1, -0.05) is 15.9 Å². The summed E-state index contributed by atoms with van der Waals surface area (Å²) < 4.78 is 19.7. The van der Waals surface area contributed by atoms with E-state index in [1.807, 2.05) is 13.1 Å². The molecule has 1 saturated carbocycles. The summed E-state index contributed by atoms with van der Waals surface area (Å²) in [6.45, 7) is 0. The van der Waals surface area contributed by atoms with Gasteiger partial charge < -0.3 is 10.1 Å². The first-order valence-corrected chi connectivity index (χ1v) is 7.08. The second-order valence-electron chi connectivity index (χ2n) is 4.91. The van der Waals surface area contributed by atoms with E-state index in [9.17, 15) is 4.39 Å². The van der Waals surface area contributed by atoms with Crippen LogP contribution in [0, 0.1) is 11.7 Å². The lowest BCUT2D eigenvalue weighted by Crippen LogP contribution is -2.42. The smallest absolute Gasteiger partial charge is 0.124 e. The van der Waals surface area contributed by atoms with Gasteiger partial charge in [-0.2, -0.15) is 0 Å². The first-order chi connectivity index (χ1) is 8.63. The predicted octanol–water partition coefficient (Wildman–Crippen LogP) is 3.14. The summed E-state index contributed by atoms with van der Waals surface area (Å²) in [4.78, 5) is 0. The molecule has 1 fully saturated rings. The molecule has 1 aliphatic rings. The number of ether oxygens (including phenoxy) is 1. The molecule has 0 bridgehead atoms. The van der Waals surface area contributed by atoms with Crippen LogP contribution in [-0.4, -0.2) is 26.3 Å². The van der Waals surface area contributed by atoms with Crippen molar-refractivity contribution in [2.45, 2.75) is 31.4 Å². The number of hydrogen-bond acceptors (Lipinski definition) is 2. The Morgan fingerprint density at radius 3 is 2.67 bits per heavy atom. The molecule has 2 atom stereocenters. The monoisotopic (exact) mass is 315 g/mol. The van der Waals surface area contributed by atoms with Crippen molar-refractivity contribution in [1.29, 1.82) is 0 Å². The molecule has 2 nitrogen and oxygen atoms in total. The van der Waals surface area contributed by atoms with E-state index in [0.717, 1.165) is 16.5 Å². The average molecular weight is 316 g/mol. The number of nitrogens with one attached hydrogen (secondary N) is 1. The van der Waals surface area contributed by atoms with Gasteiger partial charge in [-0.25, -0.2) is 4.39 Å². The lowest BCUT2D eigenvalue weighted by atomic mass is 9.98. The highest BCUT2D eigenvalue weighted by Gasteiger charge is 2.36. The fourth-order valence-electron chi connectivity index (χ4n) is 2.48. The van der Waals surface area contributed by atoms with E-state index in [1.165, 1.54) is 18.9 Å². The lowest BCUT2D eigenvalue weighted by molar-refractivity contribution is 0.0534. The fraction of sp³-hybridized carbons (Fsp3) is 0.571. The van der Waals surface area contributed by atoms with E-state index in [2.05, 4.69) is 21.2 Å². The minimum atomic E-state index is -0.199. The van der Waals surface area contributed by atoms with Gasteiger partial charge in [0, 0.05) is 17.6 Å². The fourth-order valence-corrected chi connectivity index (χ4v) is 2.99. The van der Waals surface area contributed by atoms with Crippen LogP contribution in [0.1, 0.15) is 18.4 Å². The van der Waals surface area contributed by atoms with Crippen LogP contribution in [0.3, 0.4) is 0 Å². The second kappa shape index (κ2) is 6.13. The maximum Gasteiger partial charge on any atom is 0.124 e. The van der Waals surface area contributed by atoms with Gasteiger partial charge in [0.25, 0.3) is 0 Å². The van der Waals surface area contributed by atoms with Crippen molar-refractivity contribution in [2.24, 2.45) is 5.92 Å². The molecule has 1 aliphatic carbocycles. The Balaban J connectivity index is 2.08. The molecule has 2 unspecified atom stereocenters. The summed E-state index contributed by atoms with van der Waals surface area (Å²) in [5, 5.41) is 3.30. The average Bonchev–Trinajstić information content (AvgIpc) is 3.11. The summed E-state index contributed by atoms with van der Waals surface area (Å²) in [5.74, 6) is 0.457. The molecule has 0 aromatic heterocycles. The zero-order chi connectivity index (χ0) is 13.1. The highest BCUT2D eigenvalue weighted by Crippen LogP contribution is 2.36. The van der Waals surface area contributed by atoms with E-state index in [0.29, 0.717) is 5.92 Å². The third kappa shape index (κ3) is 3.53. The Morgan fingerprint density at radius 2 is 2.17 bits per heavy atom. The Kier molecular flexibility index (Phi) is 4.76. The van der Waals surface area contributed by atoms with Crippen LogP contribution in [-0.2, 0) is 11.2 Å². The molecule has 2 rings (SSSR count). The van der Waals surface area contributed by atoms with Crippen LogP contribution < -0.4 is 5.32 Å². The lowest BCUT2D eigenvalue weighted by Gasteiger charge is -2.26. The van der Waals surface area contributed by atoms with Gasteiger partial charge in [-0.3, -0.25) is 0 Å². The SMILES string of the molecule is CNC(Cc1cc(F)cc(Br)c1)C(OC)C1CC1. The first-order valence-electron chi connectivity index (χ1n) is 6.29. The van der Waals surface area contributed by atoms with Crippen molar-refractivity contribution < 1.29 is 9.13 Å². The van der Waals surface area contributed by atoms with Crippen LogP contribution in [0.4, 0.5) is 4.39 Å². The number of halogens is 2. The normalized spacial score (nSPS) is 18.7. The quantitative estimate of drug-likeness (QED) is 0.870. The minimum absolute atomic E-state index is 0.199. The molecule has 4 heteroatoms. The zero-order valence-corrected chi connectivity index (χ0v) is 12.3. The zero-order valence-electron chi connectivity index (χ0n) is 10.7. The van der Waals surface area contributed by atoms with Crippen molar-refractivity contribution in [2.75, 3.05) is 14.2 Å². The Morgan fingerprint density at radius 1 is 1.44 bits per heavy atom. The van der Waals surface area contributed by atoms with Crippen molar-refractivity contribution >= 4 is 15.9 Å². The van der Waals surface area contributed by atoms with Crippen LogP contribution in [0.15, 0.2) is 22.7 Å². The van der Waals surface area contributed by atoms with E-state index >= 15 is 0 Å². The molecular weight excluding hydrogens is 297 g/mol. The maximum absolute atomic E-state index is 13.4. The molecule has 0 radical (unpaired) electrons. The predicted molar refractivity (Wildman–Crippen MR) is 74.2 cm³/mol. The third-order valence-corrected chi connectivity index (χ3v) is 3.96. The number of hydrogen-bond donors (Lipinski definition) is 1. The molecule has 18 heavy (non-hydrogen) atoms. The molecule has 1 aromatic rings. The van der Waals surface area contributed by atoms with Crippen LogP contribution in [0.25, 0.3) is 0 Å². The van der Waals surface area contributed by atoms with Gasteiger partial charge >= 0.3 is 0 Å². The summed E-state index contributed by atoms with van der Waals surface area (Å²) in [7, 11) is 3.70. The molecule has 0 heterocycles.